The molecule has 84 valence electrons. The highest BCUT2D eigenvalue weighted by molar-refractivity contribution is 7.99. The third-order valence-electron chi connectivity index (χ3n) is 2.55. The highest BCUT2D eigenvalue weighted by Crippen LogP contribution is 2.30. The van der Waals surface area contributed by atoms with E-state index in [1.54, 1.807) is 11.8 Å². The highest BCUT2D eigenvalue weighted by atomic mass is 35.5. The summed E-state index contributed by atoms with van der Waals surface area (Å²) in [4.78, 5) is 4.57. The maximum Gasteiger partial charge on any atom is 0.0780 e. The van der Waals surface area contributed by atoms with Crippen LogP contribution in [0.15, 0.2) is 64.5 Å². The molecule has 0 radical (unpaired) electrons. The zero-order chi connectivity index (χ0) is 11.7. The molecule has 0 saturated carbocycles. The molecular weight excluding hydrogens is 250 g/mol. The van der Waals surface area contributed by atoms with Crippen LogP contribution in [0.1, 0.15) is 0 Å². The van der Waals surface area contributed by atoms with Gasteiger partial charge >= 0.3 is 0 Å². The van der Waals surface area contributed by atoms with Crippen molar-refractivity contribution in [3.63, 3.8) is 0 Å². The lowest BCUT2D eigenvalue weighted by atomic mass is 10.3. The Morgan fingerprint density at radius 2 is 1.71 bits per heavy atom. The normalized spacial score (nSPS) is 10.9. The van der Waals surface area contributed by atoms with Crippen LogP contribution >= 0.6 is 23.4 Å². The molecule has 0 atom stereocenters. The van der Waals surface area contributed by atoms with Crippen LogP contribution in [-0.2, 0) is 0 Å². The average Bonchev–Trinajstić information content (AvgIpc) is 2.74. The van der Waals surface area contributed by atoms with Gasteiger partial charge in [-0.1, -0.05) is 41.6 Å². The van der Waals surface area contributed by atoms with E-state index >= 15 is 0 Å². The SMILES string of the molecule is Clc1ccc(Sc2cc3ccccc3[nH]2)cc1. The van der Waals surface area contributed by atoms with E-state index < -0.39 is 0 Å². The van der Waals surface area contributed by atoms with Crippen molar-refractivity contribution in [1.82, 2.24) is 4.98 Å². The van der Waals surface area contributed by atoms with Gasteiger partial charge < -0.3 is 4.98 Å². The van der Waals surface area contributed by atoms with Crippen molar-refractivity contribution in [3.8, 4) is 0 Å². The van der Waals surface area contributed by atoms with Crippen LogP contribution in [0.2, 0.25) is 5.02 Å². The number of hydrogen-bond acceptors (Lipinski definition) is 1. The maximum absolute atomic E-state index is 5.86. The van der Waals surface area contributed by atoms with Crippen molar-refractivity contribution in [2.24, 2.45) is 0 Å². The number of benzene rings is 2. The van der Waals surface area contributed by atoms with Crippen LogP contribution < -0.4 is 0 Å². The fourth-order valence-electron chi connectivity index (χ4n) is 1.73. The zero-order valence-corrected chi connectivity index (χ0v) is 10.6. The number of nitrogens with one attached hydrogen (secondary N) is 1. The van der Waals surface area contributed by atoms with Gasteiger partial charge in [-0.2, -0.15) is 0 Å². The van der Waals surface area contributed by atoms with E-state index in [0.717, 1.165) is 10.0 Å². The third-order valence-corrected chi connectivity index (χ3v) is 3.75. The summed E-state index contributed by atoms with van der Waals surface area (Å²) in [5, 5.41) is 3.16. The Morgan fingerprint density at radius 3 is 2.47 bits per heavy atom. The molecule has 0 fully saturated rings. The van der Waals surface area contributed by atoms with Crippen LogP contribution in [-0.4, -0.2) is 4.98 Å². The second-order valence-electron chi connectivity index (χ2n) is 3.78. The second kappa shape index (κ2) is 4.47. The van der Waals surface area contributed by atoms with Crippen LogP contribution in [0.4, 0.5) is 0 Å². The molecule has 0 aliphatic heterocycles. The van der Waals surface area contributed by atoms with Crippen molar-refractivity contribution in [2.75, 3.05) is 0 Å². The number of halogens is 1. The van der Waals surface area contributed by atoms with E-state index in [0.29, 0.717) is 0 Å². The number of rotatable bonds is 2. The minimum Gasteiger partial charge on any atom is -0.349 e. The summed E-state index contributed by atoms with van der Waals surface area (Å²) < 4.78 is 0. The summed E-state index contributed by atoms with van der Waals surface area (Å²) in [6.07, 6.45) is 0. The maximum atomic E-state index is 5.86. The summed E-state index contributed by atoms with van der Waals surface area (Å²) in [5.74, 6) is 0. The minimum atomic E-state index is 0.769. The Hall–Kier alpha value is -1.38. The molecule has 3 rings (SSSR count). The van der Waals surface area contributed by atoms with Gasteiger partial charge in [0.15, 0.2) is 0 Å². The molecule has 0 aliphatic carbocycles. The van der Waals surface area contributed by atoms with Gasteiger partial charge in [0, 0.05) is 20.8 Å². The molecule has 0 unspecified atom stereocenters. The van der Waals surface area contributed by atoms with Gasteiger partial charge in [0.25, 0.3) is 0 Å². The van der Waals surface area contributed by atoms with Crippen LogP contribution in [0.25, 0.3) is 10.9 Å². The molecule has 3 aromatic rings. The molecule has 0 bridgehead atoms. The van der Waals surface area contributed by atoms with E-state index in [1.165, 1.54) is 15.8 Å². The zero-order valence-electron chi connectivity index (χ0n) is 8.98. The number of aromatic nitrogens is 1. The molecule has 0 amide bonds. The lowest BCUT2D eigenvalue weighted by molar-refractivity contribution is 1.23. The van der Waals surface area contributed by atoms with E-state index in [9.17, 15) is 0 Å². The van der Waals surface area contributed by atoms with Gasteiger partial charge in [-0.05, 0) is 36.4 Å². The Kier molecular flexibility index (Phi) is 2.83. The Morgan fingerprint density at radius 1 is 0.941 bits per heavy atom. The average molecular weight is 260 g/mol. The Labute approximate surface area is 109 Å². The largest absolute Gasteiger partial charge is 0.349 e. The molecule has 17 heavy (non-hydrogen) atoms. The fraction of sp³-hybridized carbons (Fsp3) is 0. The van der Waals surface area contributed by atoms with Crippen molar-refractivity contribution >= 4 is 34.3 Å². The quantitative estimate of drug-likeness (QED) is 0.687. The first-order valence-electron chi connectivity index (χ1n) is 5.32. The van der Waals surface area contributed by atoms with Gasteiger partial charge in [-0.25, -0.2) is 0 Å². The molecule has 1 heterocycles. The van der Waals surface area contributed by atoms with Crippen LogP contribution in [0.5, 0.6) is 0 Å². The number of H-pyrrole nitrogens is 1. The van der Waals surface area contributed by atoms with Crippen molar-refractivity contribution in [2.45, 2.75) is 9.92 Å². The summed E-state index contributed by atoms with van der Waals surface area (Å²) in [6, 6.07) is 18.3. The summed E-state index contributed by atoms with van der Waals surface area (Å²) >= 11 is 7.57. The van der Waals surface area contributed by atoms with Crippen molar-refractivity contribution < 1.29 is 0 Å². The first-order valence-corrected chi connectivity index (χ1v) is 6.52. The smallest absolute Gasteiger partial charge is 0.0780 e. The van der Waals surface area contributed by atoms with Crippen molar-refractivity contribution in [1.29, 1.82) is 0 Å². The van der Waals surface area contributed by atoms with Gasteiger partial charge in [0.05, 0.1) is 5.03 Å². The number of para-hydroxylation sites is 1. The van der Waals surface area contributed by atoms with Gasteiger partial charge in [0.2, 0.25) is 0 Å². The topological polar surface area (TPSA) is 15.8 Å². The Balaban J connectivity index is 1.92. The van der Waals surface area contributed by atoms with E-state index in [2.05, 4.69) is 23.2 Å². The minimum absolute atomic E-state index is 0.769. The number of hydrogen-bond donors (Lipinski definition) is 1. The highest BCUT2D eigenvalue weighted by Gasteiger charge is 2.02. The predicted octanol–water partition coefficient (Wildman–Crippen LogP) is 4.97. The lowest BCUT2D eigenvalue weighted by Crippen LogP contribution is -1.72. The molecule has 2 aromatic carbocycles. The Bertz CT molecular complexity index is 610. The molecule has 1 nitrogen and oxygen atoms in total. The lowest BCUT2D eigenvalue weighted by Gasteiger charge is -1.98. The van der Waals surface area contributed by atoms with Gasteiger partial charge in [-0.3, -0.25) is 0 Å². The summed E-state index contributed by atoms with van der Waals surface area (Å²) in [6.45, 7) is 0. The molecule has 3 heteroatoms. The molecular formula is C14H10ClNS. The van der Waals surface area contributed by atoms with Gasteiger partial charge in [-0.15, -0.1) is 0 Å². The summed E-state index contributed by atoms with van der Waals surface area (Å²) in [7, 11) is 0. The van der Waals surface area contributed by atoms with E-state index in [-0.39, 0.29) is 0 Å². The number of aromatic amines is 1. The predicted molar refractivity (Wildman–Crippen MR) is 73.9 cm³/mol. The van der Waals surface area contributed by atoms with Gasteiger partial charge in [0.1, 0.15) is 0 Å². The first-order chi connectivity index (χ1) is 8.31. The van der Waals surface area contributed by atoms with Crippen molar-refractivity contribution in [3.05, 3.63) is 59.6 Å². The van der Waals surface area contributed by atoms with Crippen LogP contribution in [0.3, 0.4) is 0 Å². The fourth-order valence-corrected chi connectivity index (χ4v) is 2.73. The molecule has 1 aromatic heterocycles. The molecule has 0 aliphatic rings. The third kappa shape index (κ3) is 2.33. The second-order valence-corrected chi connectivity index (χ2v) is 5.33. The standard InChI is InChI=1S/C14H10ClNS/c15-11-5-7-12(8-6-11)17-14-9-10-3-1-2-4-13(10)16-14/h1-9,16H. The monoisotopic (exact) mass is 259 g/mol. The van der Waals surface area contributed by atoms with E-state index in [1.807, 2.05) is 36.4 Å². The molecule has 0 saturated heterocycles. The summed E-state index contributed by atoms with van der Waals surface area (Å²) in [5.41, 5.74) is 1.17. The molecule has 1 N–H and O–H groups in total. The van der Waals surface area contributed by atoms with Crippen LogP contribution in [0, 0.1) is 0 Å². The number of fused-ring (bicyclic) bond motifs is 1. The van der Waals surface area contributed by atoms with E-state index in [4.69, 9.17) is 11.6 Å². The molecule has 0 spiro atoms. The first kappa shape index (κ1) is 10.8.